The highest BCUT2D eigenvalue weighted by molar-refractivity contribution is 5.74. The van der Waals surface area contributed by atoms with E-state index in [0.29, 0.717) is 19.6 Å². The molecule has 0 unspecified atom stereocenters. The van der Waals surface area contributed by atoms with Crippen LogP contribution in [-0.4, -0.2) is 30.8 Å². The third kappa shape index (κ3) is 3.19. The number of rotatable bonds is 6. The van der Waals surface area contributed by atoms with Gasteiger partial charge < -0.3 is 15.6 Å². The van der Waals surface area contributed by atoms with Crippen molar-refractivity contribution in [3.05, 3.63) is 0 Å². The summed E-state index contributed by atoms with van der Waals surface area (Å²) in [6.07, 6.45) is 0.447. The van der Waals surface area contributed by atoms with Crippen molar-refractivity contribution in [2.75, 3.05) is 19.8 Å². The van der Waals surface area contributed by atoms with Gasteiger partial charge in [0.25, 0.3) is 0 Å². The molecule has 1 atom stereocenters. The van der Waals surface area contributed by atoms with E-state index < -0.39 is 11.4 Å². The van der Waals surface area contributed by atoms with Gasteiger partial charge in [-0.3, -0.25) is 4.79 Å². The Labute approximate surface area is 72.7 Å². The molecule has 12 heavy (non-hydrogen) atoms. The molecule has 4 nitrogen and oxygen atoms in total. The third-order valence-electron chi connectivity index (χ3n) is 1.84. The normalized spacial score (nSPS) is 15.6. The number of hydrogen-bond donors (Lipinski definition) is 2. The van der Waals surface area contributed by atoms with Crippen molar-refractivity contribution in [3.63, 3.8) is 0 Å². The van der Waals surface area contributed by atoms with Crippen molar-refractivity contribution in [3.8, 4) is 0 Å². The Balaban J connectivity index is 4.08. The summed E-state index contributed by atoms with van der Waals surface area (Å²) in [5, 5.41) is 8.85. The maximum atomic E-state index is 10.8. The monoisotopic (exact) mass is 175 g/mol. The fraction of sp³-hybridized carbons (Fsp3) is 0.875. The van der Waals surface area contributed by atoms with Gasteiger partial charge in [0, 0.05) is 6.61 Å². The molecule has 0 radical (unpaired) electrons. The number of carbonyl (C=O) groups is 1. The van der Waals surface area contributed by atoms with Crippen molar-refractivity contribution in [1.82, 2.24) is 0 Å². The van der Waals surface area contributed by atoms with Crippen LogP contribution in [0.1, 0.15) is 20.3 Å². The molecule has 0 bridgehead atoms. The van der Waals surface area contributed by atoms with Crippen LogP contribution in [0.15, 0.2) is 0 Å². The topological polar surface area (TPSA) is 72.5 Å². The molecule has 0 aliphatic carbocycles. The van der Waals surface area contributed by atoms with Crippen LogP contribution < -0.4 is 5.73 Å². The number of nitrogens with two attached hydrogens (primary N) is 1. The van der Waals surface area contributed by atoms with E-state index in [1.807, 2.05) is 6.92 Å². The van der Waals surface area contributed by atoms with E-state index in [1.165, 1.54) is 0 Å². The van der Waals surface area contributed by atoms with Gasteiger partial charge in [0.05, 0.1) is 12.0 Å². The van der Waals surface area contributed by atoms with Crippen molar-refractivity contribution >= 4 is 5.97 Å². The van der Waals surface area contributed by atoms with Gasteiger partial charge in [0.2, 0.25) is 0 Å². The van der Waals surface area contributed by atoms with Crippen molar-refractivity contribution in [2.24, 2.45) is 11.1 Å². The molecule has 0 rings (SSSR count). The Kier molecular flexibility index (Phi) is 4.85. The van der Waals surface area contributed by atoms with Gasteiger partial charge in [-0.2, -0.15) is 0 Å². The highest BCUT2D eigenvalue weighted by atomic mass is 16.5. The Morgan fingerprint density at radius 1 is 1.67 bits per heavy atom. The first kappa shape index (κ1) is 11.4. The van der Waals surface area contributed by atoms with Crippen LogP contribution in [0.25, 0.3) is 0 Å². The lowest BCUT2D eigenvalue weighted by Crippen LogP contribution is -2.35. The van der Waals surface area contributed by atoms with E-state index in [9.17, 15) is 4.79 Å². The zero-order valence-electron chi connectivity index (χ0n) is 7.67. The Hall–Kier alpha value is -0.610. The number of aliphatic carboxylic acids is 1. The molecule has 0 spiro atoms. The fourth-order valence-electron chi connectivity index (χ4n) is 0.887. The highest BCUT2D eigenvalue weighted by Crippen LogP contribution is 2.21. The fourth-order valence-corrected chi connectivity index (χ4v) is 0.887. The van der Waals surface area contributed by atoms with Gasteiger partial charge in [0.15, 0.2) is 0 Å². The molecule has 0 amide bonds. The van der Waals surface area contributed by atoms with E-state index in [1.54, 1.807) is 6.92 Å². The molecule has 0 saturated heterocycles. The second-order valence-corrected chi connectivity index (χ2v) is 3.04. The van der Waals surface area contributed by atoms with Gasteiger partial charge in [0.1, 0.15) is 0 Å². The minimum atomic E-state index is -0.846. The van der Waals surface area contributed by atoms with Gasteiger partial charge in [-0.25, -0.2) is 0 Å². The molecule has 4 heteroatoms. The zero-order valence-corrected chi connectivity index (χ0v) is 7.67. The van der Waals surface area contributed by atoms with Crippen LogP contribution in [0.5, 0.6) is 0 Å². The standard InChI is InChI=1S/C8H17NO3/c1-3-12-6-8(2,4-5-9)7(10)11/h3-6,9H2,1-2H3,(H,10,11)/t8-/m0/s1. The minimum absolute atomic E-state index is 0.232. The maximum Gasteiger partial charge on any atom is 0.311 e. The summed E-state index contributed by atoms with van der Waals surface area (Å²) in [5.41, 5.74) is 4.48. The molecule has 0 saturated carbocycles. The summed E-state index contributed by atoms with van der Waals surface area (Å²) in [6.45, 7) is 4.63. The first-order valence-corrected chi connectivity index (χ1v) is 4.08. The van der Waals surface area contributed by atoms with E-state index in [0.717, 1.165) is 0 Å². The molecule has 72 valence electrons. The van der Waals surface area contributed by atoms with Crippen molar-refractivity contribution in [1.29, 1.82) is 0 Å². The lowest BCUT2D eigenvalue weighted by molar-refractivity contribution is -0.151. The summed E-state index contributed by atoms with van der Waals surface area (Å²) < 4.78 is 5.08. The summed E-state index contributed by atoms with van der Waals surface area (Å²) in [5.74, 6) is -0.846. The quantitative estimate of drug-likeness (QED) is 0.615. The molecular weight excluding hydrogens is 158 g/mol. The van der Waals surface area contributed by atoms with Crippen LogP contribution in [0, 0.1) is 5.41 Å². The highest BCUT2D eigenvalue weighted by Gasteiger charge is 2.32. The van der Waals surface area contributed by atoms with Crippen molar-refractivity contribution in [2.45, 2.75) is 20.3 Å². The maximum absolute atomic E-state index is 10.8. The Morgan fingerprint density at radius 2 is 2.25 bits per heavy atom. The molecule has 0 aliphatic heterocycles. The summed E-state index contributed by atoms with van der Waals surface area (Å²) >= 11 is 0. The number of carboxylic acid groups (broad SMARTS) is 1. The van der Waals surface area contributed by atoms with E-state index in [4.69, 9.17) is 15.6 Å². The minimum Gasteiger partial charge on any atom is -0.481 e. The molecule has 0 aliphatic rings. The molecule has 0 fully saturated rings. The zero-order chi connectivity index (χ0) is 9.61. The average molecular weight is 175 g/mol. The van der Waals surface area contributed by atoms with Crippen LogP contribution in [0.3, 0.4) is 0 Å². The van der Waals surface area contributed by atoms with Crippen LogP contribution in [-0.2, 0) is 9.53 Å². The first-order chi connectivity index (χ1) is 5.56. The van der Waals surface area contributed by atoms with Crippen LogP contribution in [0.2, 0.25) is 0 Å². The molecule has 0 heterocycles. The molecule has 0 aromatic heterocycles. The summed E-state index contributed by atoms with van der Waals surface area (Å²) in [4.78, 5) is 10.8. The smallest absolute Gasteiger partial charge is 0.311 e. The second kappa shape index (κ2) is 5.11. The molecular formula is C8H17NO3. The number of carboxylic acids is 1. The lowest BCUT2D eigenvalue weighted by Gasteiger charge is -2.23. The van der Waals surface area contributed by atoms with Crippen molar-refractivity contribution < 1.29 is 14.6 Å². The largest absolute Gasteiger partial charge is 0.481 e. The molecule has 0 aromatic rings. The third-order valence-corrected chi connectivity index (χ3v) is 1.84. The lowest BCUT2D eigenvalue weighted by atomic mass is 9.88. The van der Waals surface area contributed by atoms with E-state index in [-0.39, 0.29) is 6.61 Å². The second-order valence-electron chi connectivity index (χ2n) is 3.04. The van der Waals surface area contributed by atoms with Gasteiger partial charge in [-0.1, -0.05) is 0 Å². The van der Waals surface area contributed by atoms with Gasteiger partial charge >= 0.3 is 5.97 Å². The molecule has 0 aromatic carbocycles. The first-order valence-electron chi connectivity index (χ1n) is 4.08. The number of ether oxygens (including phenoxy) is 1. The van der Waals surface area contributed by atoms with Crippen LogP contribution >= 0.6 is 0 Å². The van der Waals surface area contributed by atoms with Gasteiger partial charge in [-0.05, 0) is 26.8 Å². The average Bonchev–Trinajstić information content (AvgIpc) is 2.01. The van der Waals surface area contributed by atoms with E-state index >= 15 is 0 Å². The SMILES string of the molecule is CCOC[C@](C)(CCN)C(=O)O. The summed E-state index contributed by atoms with van der Waals surface area (Å²) in [6, 6.07) is 0. The molecule has 3 N–H and O–H groups in total. The predicted octanol–water partition coefficient (Wildman–Crippen LogP) is 0.463. The number of hydrogen-bond acceptors (Lipinski definition) is 3. The predicted molar refractivity (Wildman–Crippen MR) is 45.9 cm³/mol. The summed E-state index contributed by atoms with van der Waals surface area (Å²) in [7, 11) is 0. The Bertz CT molecular complexity index is 149. The Morgan fingerprint density at radius 3 is 2.58 bits per heavy atom. The van der Waals surface area contributed by atoms with E-state index in [2.05, 4.69) is 0 Å². The van der Waals surface area contributed by atoms with Gasteiger partial charge in [-0.15, -0.1) is 0 Å². The van der Waals surface area contributed by atoms with Crippen LogP contribution in [0.4, 0.5) is 0 Å².